The molecule has 1 fully saturated rings. The van der Waals surface area contributed by atoms with Crippen LogP contribution in [-0.4, -0.2) is 24.6 Å². The number of halogens is 1. The van der Waals surface area contributed by atoms with Crippen LogP contribution in [0.2, 0.25) is 5.76 Å². The average molecular weight is 258 g/mol. The van der Waals surface area contributed by atoms with Crippen molar-refractivity contribution in [2.45, 2.75) is 5.76 Å². The fourth-order valence-electron chi connectivity index (χ4n) is 1.55. The molecule has 1 aliphatic rings. The first-order valence-electron chi connectivity index (χ1n) is 4.36. The molecule has 1 atom stereocenters. The molecule has 0 radical (unpaired) electrons. The molecular formula is C9H12FGeNS. The Morgan fingerprint density at radius 3 is 2.62 bits per heavy atom. The molecule has 4 heteroatoms. The zero-order valence-corrected chi connectivity index (χ0v) is 10.4. The molecule has 1 nitrogen and oxygen atoms in total. The Morgan fingerprint density at radius 2 is 2.08 bits per heavy atom. The SMILES string of the molecule is [CH3][Ge]1([c]2ccc(F)cc2)[NH]CC[S]1. The van der Waals surface area contributed by atoms with Crippen LogP contribution in [0.4, 0.5) is 4.39 Å². The molecule has 2 rings (SSSR count). The van der Waals surface area contributed by atoms with Gasteiger partial charge in [0.05, 0.1) is 0 Å². The first-order chi connectivity index (χ1) is 6.21. The molecule has 1 heterocycles. The van der Waals surface area contributed by atoms with Gasteiger partial charge in [0.15, 0.2) is 0 Å². The van der Waals surface area contributed by atoms with Gasteiger partial charge in [0.1, 0.15) is 0 Å². The van der Waals surface area contributed by atoms with Crippen LogP contribution in [0.3, 0.4) is 0 Å². The summed E-state index contributed by atoms with van der Waals surface area (Å²) >= 11 is -2.00. The average Bonchev–Trinajstić information content (AvgIpc) is 2.54. The van der Waals surface area contributed by atoms with Gasteiger partial charge in [0.25, 0.3) is 0 Å². The Balaban J connectivity index is 2.29. The molecule has 13 heavy (non-hydrogen) atoms. The number of rotatable bonds is 1. The van der Waals surface area contributed by atoms with E-state index in [1.165, 1.54) is 10.1 Å². The third-order valence-corrected chi connectivity index (χ3v) is 15.2. The third-order valence-electron chi connectivity index (χ3n) is 2.35. The van der Waals surface area contributed by atoms with E-state index in [2.05, 4.69) is 20.1 Å². The molecule has 1 aromatic rings. The molecule has 0 bridgehead atoms. The molecule has 0 amide bonds. The maximum absolute atomic E-state index is 12.7. The van der Waals surface area contributed by atoms with Crippen LogP contribution in [0.25, 0.3) is 0 Å². The Hall–Kier alpha value is 0.00286. The molecule has 0 spiro atoms. The van der Waals surface area contributed by atoms with Gasteiger partial charge < -0.3 is 0 Å². The Kier molecular flexibility index (Phi) is 2.67. The van der Waals surface area contributed by atoms with Crippen LogP contribution >= 0.6 is 10.1 Å². The third kappa shape index (κ3) is 1.92. The van der Waals surface area contributed by atoms with E-state index in [9.17, 15) is 4.39 Å². The first-order valence-corrected chi connectivity index (χ1v) is 12.1. The first kappa shape index (κ1) is 9.55. The molecule has 1 aliphatic heterocycles. The van der Waals surface area contributed by atoms with E-state index >= 15 is 0 Å². The summed E-state index contributed by atoms with van der Waals surface area (Å²) in [6.45, 7) is 1.11. The van der Waals surface area contributed by atoms with Crippen LogP contribution in [-0.2, 0) is 0 Å². The van der Waals surface area contributed by atoms with E-state index in [0.29, 0.717) is 0 Å². The van der Waals surface area contributed by atoms with Gasteiger partial charge in [-0.15, -0.1) is 0 Å². The van der Waals surface area contributed by atoms with Gasteiger partial charge in [0, 0.05) is 0 Å². The van der Waals surface area contributed by atoms with Crippen LogP contribution in [0.5, 0.6) is 0 Å². The molecule has 70 valence electrons. The van der Waals surface area contributed by atoms with Crippen LogP contribution in [0.1, 0.15) is 0 Å². The number of benzene rings is 1. The van der Waals surface area contributed by atoms with Crippen molar-refractivity contribution in [1.82, 2.24) is 4.27 Å². The van der Waals surface area contributed by atoms with Crippen molar-refractivity contribution < 1.29 is 4.39 Å². The molecule has 0 aromatic heterocycles. The zero-order valence-electron chi connectivity index (χ0n) is 7.51. The van der Waals surface area contributed by atoms with Crippen LogP contribution < -0.4 is 8.67 Å². The van der Waals surface area contributed by atoms with Crippen molar-refractivity contribution >= 4 is 26.8 Å². The van der Waals surface area contributed by atoms with E-state index in [4.69, 9.17) is 0 Å². The summed E-state index contributed by atoms with van der Waals surface area (Å²) in [6, 6.07) is 6.99. The summed E-state index contributed by atoms with van der Waals surface area (Å²) < 4.78 is 17.6. The van der Waals surface area contributed by atoms with E-state index in [-0.39, 0.29) is 5.82 Å². The van der Waals surface area contributed by atoms with Gasteiger partial charge >= 0.3 is 83.6 Å². The number of hydrogen-bond acceptors (Lipinski definition) is 2. The van der Waals surface area contributed by atoms with E-state index in [0.717, 1.165) is 6.54 Å². The Morgan fingerprint density at radius 1 is 1.38 bits per heavy atom. The second kappa shape index (κ2) is 3.63. The van der Waals surface area contributed by atoms with Crippen molar-refractivity contribution in [2.24, 2.45) is 0 Å². The zero-order chi connectivity index (χ0) is 9.31. The van der Waals surface area contributed by atoms with Crippen molar-refractivity contribution in [3.63, 3.8) is 0 Å². The molecule has 1 aromatic carbocycles. The van der Waals surface area contributed by atoms with Crippen molar-refractivity contribution in [3.8, 4) is 0 Å². The van der Waals surface area contributed by atoms with E-state index in [1.54, 1.807) is 12.1 Å². The molecular weight excluding hydrogens is 246 g/mol. The molecule has 1 unspecified atom stereocenters. The topological polar surface area (TPSA) is 12.0 Å². The monoisotopic (exact) mass is 259 g/mol. The maximum atomic E-state index is 12.7. The molecule has 0 aliphatic carbocycles. The summed E-state index contributed by atoms with van der Waals surface area (Å²) in [7, 11) is 2.06. The minimum absolute atomic E-state index is 0.141. The standard InChI is InChI=1S/C9H12FGeNS/c1-11(12-6-7-13-11)9-4-2-8(10)3-5-9/h2-5,12H,6-7H2,1H3. The van der Waals surface area contributed by atoms with Gasteiger partial charge in [-0.05, 0) is 0 Å². The summed E-state index contributed by atoms with van der Waals surface area (Å²) in [5, 5.41) is 0. The predicted octanol–water partition coefficient (Wildman–Crippen LogP) is 1.44. The van der Waals surface area contributed by atoms with E-state index in [1.807, 2.05) is 12.1 Å². The molecule has 1 N–H and O–H groups in total. The van der Waals surface area contributed by atoms with E-state index < -0.39 is 12.3 Å². The molecule has 0 saturated carbocycles. The van der Waals surface area contributed by atoms with Gasteiger partial charge in [0.2, 0.25) is 0 Å². The van der Waals surface area contributed by atoms with Crippen LogP contribution in [0.15, 0.2) is 24.3 Å². The minimum atomic E-state index is -2.00. The van der Waals surface area contributed by atoms with Crippen LogP contribution in [0, 0.1) is 5.82 Å². The summed E-state index contributed by atoms with van der Waals surface area (Å²) in [6.07, 6.45) is 0. The Labute approximate surface area is 83.7 Å². The fraction of sp³-hybridized carbons (Fsp3) is 0.333. The van der Waals surface area contributed by atoms with Gasteiger partial charge in [-0.25, -0.2) is 0 Å². The Bertz CT molecular complexity index is 295. The predicted molar refractivity (Wildman–Crippen MR) is 58.1 cm³/mol. The van der Waals surface area contributed by atoms with Crippen molar-refractivity contribution in [3.05, 3.63) is 30.1 Å². The van der Waals surface area contributed by atoms with Gasteiger partial charge in [-0.3, -0.25) is 0 Å². The van der Waals surface area contributed by atoms with Crippen molar-refractivity contribution in [2.75, 3.05) is 12.3 Å². The second-order valence-electron chi connectivity index (χ2n) is 3.32. The number of hydrogen-bond donors (Lipinski definition) is 1. The van der Waals surface area contributed by atoms with Gasteiger partial charge in [-0.2, -0.15) is 0 Å². The second-order valence-corrected chi connectivity index (χ2v) is 16.4. The summed E-state index contributed by atoms with van der Waals surface area (Å²) in [4.78, 5) is 0. The molecule has 1 saturated heterocycles. The van der Waals surface area contributed by atoms with Gasteiger partial charge in [-0.1, -0.05) is 0 Å². The normalized spacial score (nSPS) is 27.8. The number of nitrogens with one attached hydrogen (secondary N) is 1. The van der Waals surface area contributed by atoms with Crippen molar-refractivity contribution in [1.29, 1.82) is 0 Å². The summed E-state index contributed by atoms with van der Waals surface area (Å²) in [5.74, 6) is 3.39. The summed E-state index contributed by atoms with van der Waals surface area (Å²) in [5.41, 5.74) is 0. The quantitative estimate of drug-likeness (QED) is 0.765. The fourth-order valence-corrected chi connectivity index (χ4v) is 12.3.